The molecule has 1 N–H and O–H groups in total. The summed E-state index contributed by atoms with van der Waals surface area (Å²) in [5.74, 6) is 1.35. The summed E-state index contributed by atoms with van der Waals surface area (Å²) in [5.41, 5.74) is 3.14. The van der Waals surface area contributed by atoms with Crippen molar-refractivity contribution in [2.75, 3.05) is 25.5 Å². The van der Waals surface area contributed by atoms with Crippen molar-refractivity contribution in [1.29, 1.82) is 0 Å². The van der Waals surface area contributed by atoms with Crippen LogP contribution in [-0.4, -0.2) is 43.8 Å². The van der Waals surface area contributed by atoms with Gasteiger partial charge in [-0.15, -0.1) is 0 Å². The largest absolute Gasteiger partial charge is 0.771 e. The number of para-hydroxylation sites is 1. The van der Waals surface area contributed by atoms with E-state index in [1.54, 1.807) is 7.11 Å². The minimum Gasteiger partial charge on any atom is -0.771 e. The Labute approximate surface area is 191 Å². The third-order valence-corrected chi connectivity index (χ3v) is 6.58. The fraction of sp³-hybridized carbons (Fsp3) is 0.333. The predicted octanol–water partition coefficient (Wildman–Crippen LogP) is 4.65. The number of benzene rings is 2. The second kappa shape index (κ2) is 10.7. The number of aromatic nitrogens is 2. The van der Waals surface area contributed by atoms with Gasteiger partial charge in [0, 0.05) is 17.3 Å². The fourth-order valence-electron chi connectivity index (χ4n) is 4.12. The first-order valence-corrected chi connectivity index (χ1v) is 11.9. The zero-order valence-electron chi connectivity index (χ0n) is 18.1. The van der Waals surface area contributed by atoms with E-state index in [1.165, 1.54) is 6.33 Å². The Kier molecular flexibility index (Phi) is 7.47. The monoisotopic (exact) mass is 451 g/mol. The third kappa shape index (κ3) is 5.32. The van der Waals surface area contributed by atoms with Crippen LogP contribution in [0.2, 0.25) is 0 Å². The standard InChI is InChI=1S/C24H28N4O3S/c1-31-22-12-5-4-11-20(22)21-16-23(26-17-25-21)27-19-10-8-9-18(15-19)24(32(29)30)28-13-6-2-3-7-14-28/h4-5,8-12,15-17,24H,2-3,6-7,13-14H2,1H3,(H,29,30)(H,25,26,27)/p-1. The smallest absolute Gasteiger partial charge is 0.134 e. The number of nitrogens with one attached hydrogen (secondary N) is 1. The molecule has 0 spiro atoms. The predicted molar refractivity (Wildman–Crippen MR) is 125 cm³/mol. The molecule has 2 heterocycles. The molecule has 7 nitrogen and oxygen atoms in total. The lowest BCUT2D eigenvalue weighted by atomic mass is 10.1. The van der Waals surface area contributed by atoms with Crippen molar-refractivity contribution in [3.63, 3.8) is 0 Å². The Hall–Kier alpha value is -2.81. The van der Waals surface area contributed by atoms with E-state index in [2.05, 4.69) is 20.2 Å². The van der Waals surface area contributed by atoms with Crippen LogP contribution < -0.4 is 10.1 Å². The van der Waals surface area contributed by atoms with Crippen LogP contribution in [0.3, 0.4) is 0 Å². The van der Waals surface area contributed by atoms with Gasteiger partial charge in [-0.3, -0.25) is 9.11 Å². The average Bonchev–Trinajstić information content (AvgIpc) is 3.09. The molecule has 0 aliphatic carbocycles. The molecule has 1 saturated heterocycles. The Bertz CT molecular complexity index is 1070. The molecule has 8 heteroatoms. The van der Waals surface area contributed by atoms with Crippen LogP contribution >= 0.6 is 0 Å². The molecule has 1 aromatic heterocycles. The maximum absolute atomic E-state index is 12.1. The highest BCUT2D eigenvalue weighted by Gasteiger charge is 2.22. The summed E-state index contributed by atoms with van der Waals surface area (Å²) in [6.07, 6.45) is 5.86. The molecule has 1 aliphatic heterocycles. The van der Waals surface area contributed by atoms with Crippen LogP contribution in [0.1, 0.15) is 36.6 Å². The van der Waals surface area contributed by atoms with Gasteiger partial charge in [0.25, 0.3) is 0 Å². The summed E-state index contributed by atoms with van der Waals surface area (Å²) in [7, 11) is 1.63. The highest BCUT2D eigenvalue weighted by atomic mass is 32.2. The highest BCUT2D eigenvalue weighted by molar-refractivity contribution is 7.79. The molecular weight excluding hydrogens is 424 g/mol. The number of hydrogen-bond acceptors (Lipinski definition) is 7. The molecule has 2 unspecified atom stereocenters. The summed E-state index contributed by atoms with van der Waals surface area (Å²) in [4.78, 5) is 10.8. The number of rotatable bonds is 7. The topological polar surface area (TPSA) is 90.4 Å². The molecule has 2 atom stereocenters. The van der Waals surface area contributed by atoms with Crippen LogP contribution in [0.25, 0.3) is 11.3 Å². The van der Waals surface area contributed by atoms with Crippen LogP contribution in [0, 0.1) is 0 Å². The van der Waals surface area contributed by atoms with Gasteiger partial charge in [-0.25, -0.2) is 9.97 Å². The molecule has 4 rings (SSSR count). The van der Waals surface area contributed by atoms with E-state index in [9.17, 15) is 8.76 Å². The first-order chi connectivity index (χ1) is 15.7. The molecular formula is C24H27N4O3S-. The van der Waals surface area contributed by atoms with Crippen LogP contribution in [0.15, 0.2) is 60.9 Å². The molecule has 3 aromatic rings. The van der Waals surface area contributed by atoms with Crippen molar-refractivity contribution >= 4 is 22.6 Å². The summed E-state index contributed by atoms with van der Waals surface area (Å²) < 4.78 is 29.7. The maximum Gasteiger partial charge on any atom is 0.134 e. The second-order valence-electron chi connectivity index (χ2n) is 7.80. The Morgan fingerprint density at radius 1 is 1.03 bits per heavy atom. The minimum absolute atomic E-state index is 0.618. The SMILES string of the molecule is COc1ccccc1-c1cc(Nc2cccc(C(N3CCCCCC3)S(=O)[O-])c2)ncn1. The van der Waals surface area contributed by atoms with E-state index in [1.807, 2.05) is 54.6 Å². The molecule has 1 aliphatic rings. The Balaban J connectivity index is 1.58. The molecule has 0 radical (unpaired) electrons. The number of anilines is 2. The molecule has 0 saturated carbocycles. The number of likely N-dealkylation sites (tertiary alicyclic amines) is 1. The second-order valence-corrected chi connectivity index (χ2v) is 8.77. The van der Waals surface area contributed by atoms with Crippen LogP contribution in [0.5, 0.6) is 5.75 Å². The van der Waals surface area contributed by atoms with Gasteiger partial charge >= 0.3 is 0 Å². The van der Waals surface area contributed by atoms with Gasteiger partial charge in [0.1, 0.15) is 17.9 Å². The summed E-state index contributed by atoms with van der Waals surface area (Å²) in [6.45, 7) is 1.59. The quantitative estimate of drug-likeness (QED) is 0.523. The van der Waals surface area contributed by atoms with Crippen molar-refractivity contribution in [1.82, 2.24) is 14.9 Å². The maximum atomic E-state index is 12.1. The van der Waals surface area contributed by atoms with E-state index in [0.717, 1.165) is 67.0 Å². The summed E-state index contributed by atoms with van der Waals surface area (Å²) in [6, 6.07) is 17.1. The van der Waals surface area contributed by atoms with E-state index in [0.29, 0.717) is 5.82 Å². The van der Waals surface area contributed by atoms with Gasteiger partial charge in [-0.2, -0.15) is 0 Å². The normalized spacial score (nSPS) is 16.7. The molecule has 1 fully saturated rings. The van der Waals surface area contributed by atoms with Gasteiger partial charge < -0.3 is 14.6 Å². The molecule has 0 amide bonds. The van der Waals surface area contributed by atoms with Gasteiger partial charge in [0.15, 0.2) is 0 Å². The van der Waals surface area contributed by atoms with E-state index in [-0.39, 0.29) is 0 Å². The first kappa shape index (κ1) is 22.4. The Morgan fingerprint density at radius 2 is 1.81 bits per heavy atom. The van der Waals surface area contributed by atoms with Crippen molar-refractivity contribution in [2.45, 2.75) is 31.1 Å². The van der Waals surface area contributed by atoms with Crippen molar-refractivity contribution in [3.05, 3.63) is 66.5 Å². The van der Waals surface area contributed by atoms with Crippen molar-refractivity contribution in [3.8, 4) is 17.0 Å². The lowest BCUT2D eigenvalue weighted by molar-refractivity contribution is 0.255. The lowest BCUT2D eigenvalue weighted by Crippen LogP contribution is -2.32. The van der Waals surface area contributed by atoms with Gasteiger partial charge in [-0.1, -0.05) is 37.1 Å². The summed E-state index contributed by atoms with van der Waals surface area (Å²) >= 11 is -2.24. The van der Waals surface area contributed by atoms with Crippen molar-refractivity contribution < 1.29 is 13.5 Å². The van der Waals surface area contributed by atoms with E-state index >= 15 is 0 Å². The van der Waals surface area contributed by atoms with Gasteiger partial charge in [-0.05, 0) is 66.8 Å². The lowest BCUT2D eigenvalue weighted by Gasteiger charge is -2.32. The molecule has 168 valence electrons. The minimum atomic E-state index is -2.24. The van der Waals surface area contributed by atoms with E-state index in [4.69, 9.17) is 4.74 Å². The molecule has 2 aromatic carbocycles. The number of ether oxygens (including phenoxy) is 1. The average molecular weight is 452 g/mol. The highest BCUT2D eigenvalue weighted by Crippen LogP contribution is 2.31. The number of methoxy groups -OCH3 is 1. The fourth-order valence-corrected chi connectivity index (χ4v) is 4.94. The summed E-state index contributed by atoms with van der Waals surface area (Å²) in [5, 5.41) is 2.64. The van der Waals surface area contributed by atoms with E-state index < -0.39 is 16.5 Å². The number of nitrogens with zero attached hydrogens (tertiary/aromatic N) is 3. The first-order valence-electron chi connectivity index (χ1n) is 10.8. The molecule has 32 heavy (non-hydrogen) atoms. The molecule has 0 bridgehead atoms. The van der Waals surface area contributed by atoms with Crippen molar-refractivity contribution in [2.24, 2.45) is 0 Å². The number of hydrogen-bond donors (Lipinski definition) is 1. The van der Waals surface area contributed by atoms with Crippen LogP contribution in [-0.2, 0) is 11.1 Å². The van der Waals surface area contributed by atoms with Crippen LogP contribution in [0.4, 0.5) is 11.5 Å². The van der Waals surface area contributed by atoms with Gasteiger partial charge in [0.05, 0.1) is 18.2 Å². The third-order valence-electron chi connectivity index (χ3n) is 5.65. The zero-order chi connectivity index (χ0) is 22.3. The Morgan fingerprint density at radius 3 is 2.56 bits per heavy atom. The zero-order valence-corrected chi connectivity index (χ0v) is 18.9. The van der Waals surface area contributed by atoms with Gasteiger partial charge in [0.2, 0.25) is 0 Å².